The molecule has 2 aromatic rings. The van der Waals surface area contributed by atoms with Crippen molar-refractivity contribution in [3.8, 4) is 5.75 Å². The summed E-state index contributed by atoms with van der Waals surface area (Å²) in [6.07, 6.45) is 2.57. The molecule has 0 bridgehead atoms. The van der Waals surface area contributed by atoms with Crippen LogP contribution in [0.3, 0.4) is 0 Å². The average Bonchev–Trinajstić information content (AvgIpc) is 2.63. The Morgan fingerprint density at radius 3 is 2.27 bits per heavy atom. The Bertz CT molecular complexity index is 979. The first kappa shape index (κ1) is 23.4. The van der Waals surface area contributed by atoms with Crippen LogP contribution in [-0.2, 0) is 14.8 Å². The molecule has 162 valence electrons. The van der Waals surface area contributed by atoms with Crippen molar-refractivity contribution in [1.29, 1.82) is 0 Å². The molecule has 0 radical (unpaired) electrons. The van der Waals surface area contributed by atoms with Crippen LogP contribution >= 0.6 is 0 Å². The van der Waals surface area contributed by atoms with Crippen molar-refractivity contribution >= 4 is 27.8 Å². The quantitative estimate of drug-likeness (QED) is 0.488. The van der Waals surface area contributed by atoms with Gasteiger partial charge in [0, 0.05) is 0 Å². The molecule has 0 aromatic heterocycles. The second-order valence-corrected chi connectivity index (χ2v) is 9.59. The van der Waals surface area contributed by atoms with Gasteiger partial charge in [-0.15, -0.1) is 0 Å². The van der Waals surface area contributed by atoms with E-state index in [0.717, 1.165) is 33.0 Å². The summed E-state index contributed by atoms with van der Waals surface area (Å²) >= 11 is 0. The number of ether oxygens (including phenoxy) is 1. The number of carbonyl (C=O) groups excluding carboxylic acids is 1. The summed E-state index contributed by atoms with van der Waals surface area (Å²) in [5, 5.41) is 3.92. The van der Waals surface area contributed by atoms with Gasteiger partial charge in [0.2, 0.25) is 10.0 Å². The van der Waals surface area contributed by atoms with E-state index in [2.05, 4.69) is 24.4 Å². The molecule has 30 heavy (non-hydrogen) atoms. The van der Waals surface area contributed by atoms with Gasteiger partial charge in [-0.2, -0.15) is 5.10 Å². The van der Waals surface area contributed by atoms with Gasteiger partial charge in [0.05, 0.1) is 24.8 Å². The molecular formula is C22H29N3O4S. The molecule has 0 aliphatic rings. The fourth-order valence-corrected chi connectivity index (χ4v) is 3.59. The maximum Gasteiger partial charge on any atom is 0.260 e. The lowest BCUT2D eigenvalue weighted by Gasteiger charge is -2.22. The number of anilines is 1. The molecule has 2 aromatic carbocycles. The summed E-state index contributed by atoms with van der Waals surface area (Å²) < 4.78 is 31.1. The van der Waals surface area contributed by atoms with Gasteiger partial charge in [0.15, 0.2) is 0 Å². The van der Waals surface area contributed by atoms with Crippen molar-refractivity contribution in [3.63, 3.8) is 0 Å². The molecule has 0 atom stereocenters. The lowest BCUT2D eigenvalue weighted by atomic mass is 10.1. The highest BCUT2D eigenvalue weighted by molar-refractivity contribution is 7.92. The number of benzene rings is 2. The van der Waals surface area contributed by atoms with E-state index in [9.17, 15) is 13.2 Å². The summed E-state index contributed by atoms with van der Waals surface area (Å²) in [7, 11) is -3.63. The van der Waals surface area contributed by atoms with Gasteiger partial charge in [-0.05, 0) is 72.9 Å². The number of rotatable bonds is 9. The topological polar surface area (TPSA) is 88.1 Å². The van der Waals surface area contributed by atoms with E-state index >= 15 is 0 Å². The molecule has 0 unspecified atom stereocenters. The highest BCUT2D eigenvalue weighted by atomic mass is 32.2. The van der Waals surface area contributed by atoms with Gasteiger partial charge >= 0.3 is 0 Å². The first-order chi connectivity index (χ1) is 14.0. The molecule has 0 heterocycles. The predicted molar refractivity (Wildman–Crippen MR) is 121 cm³/mol. The molecule has 0 fully saturated rings. The van der Waals surface area contributed by atoms with E-state index in [1.54, 1.807) is 12.1 Å². The van der Waals surface area contributed by atoms with Crippen LogP contribution in [0.15, 0.2) is 47.6 Å². The smallest absolute Gasteiger partial charge is 0.260 e. The SMILES string of the molecule is Cc1cc(C)cc(N(CC(=O)N/N=C\c2ccc(OCC(C)C)cc2)S(C)(=O)=O)c1. The van der Waals surface area contributed by atoms with Crippen LogP contribution < -0.4 is 14.5 Å². The number of aryl methyl sites for hydroxylation is 2. The molecule has 8 heteroatoms. The molecule has 7 nitrogen and oxygen atoms in total. The van der Waals surface area contributed by atoms with Crippen LogP contribution in [0.5, 0.6) is 5.75 Å². The lowest BCUT2D eigenvalue weighted by Crippen LogP contribution is -2.39. The second kappa shape index (κ2) is 10.2. The van der Waals surface area contributed by atoms with E-state index in [4.69, 9.17) is 4.74 Å². The van der Waals surface area contributed by atoms with Gasteiger partial charge < -0.3 is 4.74 Å². The third-order valence-corrected chi connectivity index (χ3v) is 5.19. The third-order valence-electron chi connectivity index (χ3n) is 4.05. The molecule has 0 aliphatic carbocycles. The van der Waals surface area contributed by atoms with Gasteiger partial charge in [-0.3, -0.25) is 9.10 Å². The summed E-state index contributed by atoms with van der Waals surface area (Å²) in [5.41, 5.74) is 5.44. The van der Waals surface area contributed by atoms with Gasteiger partial charge in [-0.1, -0.05) is 19.9 Å². The lowest BCUT2D eigenvalue weighted by molar-refractivity contribution is -0.119. The molecule has 0 aliphatic heterocycles. The first-order valence-corrected chi connectivity index (χ1v) is 11.5. The molecule has 2 rings (SSSR count). The predicted octanol–water partition coefficient (Wildman–Crippen LogP) is 3.25. The fourth-order valence-electron chi connectivity index (χ4n) is 2.75. The summed E-state index contributed by atoms with van der Waals surface area (Å²) in [6, 6.07) is 12.7. The number of hydrogen-bond acceptors (Lipinski definition) is 5. The zero-order valence-electron chi connectivity index (χ0n) is 18.0. The normalized spacial score (nSPS) is 11.7. The average molecular weight is 432 g/mol. The zero-order chi connectivity index (χ0) is 22.3. The minimum atomic E-state index is -3.63. The Balaban J connectivity index is 2.00. The van der Waals surface area contributed by atoms with Crippen LogP contribution in [0.4, 0.5) is 5.69 Å². The highest BCUT2D eigenvalue weighted by Crippen LogP contribution is 2.21. The summed E-state index contributed by atoms with van der Waals surface area (Å²) in [4.78, 5) is 12.3. The monoisotopic (exact) mass is 431 g/mol. The van der Waals surface area contributed by atoms with E-state index in [1.807, 2.05) is 44.2 Å². The van der Waals surface area contributed by atoms with Gasteiger partial charge in [0.25, 0.3) is 5.91 Å². The Hall–Kier alpha value is -2.87. The first-order valence-electron chi connectivity index (χ1n) is 9.65. The minimum absolute atomic E-state index is 0.360. The van der Waals surface area contributed by atoms with E-state index in [-0.39, 0.29) is 6.54 Å². The number of carbonyl (C=O) groups is 1. The van der Waals surface area contributed by atoms with Crippen molar-refractivity contribution in [1.82, 2.24) is 5.43 Å². The number of hydrogen-bond donors (Lipinski definition) is 1. The standard InChI is InChI=1S/C22H29N3O4S/c1-16(2)15-29-21-8-6-19(7-9-21)13-23-24-22(26)14-25(30(5,27)28)20-11-17(3)10-18(4)12-20/h6-13,16H,14-15H2,1-5H3,(H,24,26)/b23-13-. The largest absolute Gasteiger partial charge is 0.493 e. The van der Waals surface area contributed by atoms with Crippen LogP contribution in [0.1, 0.15) is 30.5 Å². The van der Waals surface area contributed by atoms with Crippen molar-refractivity contribution in [3.05, 3.63) is 59.2 Å². The molecule has 0 saturated carbocycles. The molecular weight excluding hydrogens is 402 g/mol. The Morgan fingerprint density at radius 1 is 1.13 bits per heavy atom. The maximum atomic E-state index is 12.3. The van der Waals surface area contributed by atoms with Crippen molar-refractivity contribution in [2.75, 3.05) is 23.7 Å². The van der Waals surface area contributed by atoms with Crippen molar-refractivity contribution < 1.29 is 17.9 Å². The maximum absolute atomic E-state index is 12.3. The Morgan fingerprint density at radius 2 is 1.73 bits per heavy atom. The molecule has 1 amide bonds. The summed E-state index contributed by atoms with van der Waals surface area (Å²) in [6.45, 7) is 8.19. The number of nitrogens with zero attached hydrogens (tertiary/aromatic N) is 2. The van der Waals surface area contributed by atoms with E-state index in [0.29, 0.717) is 18.2 Å². The number of nitrogens with one attached hydrogen (secondary N) is 1. The van der Waals surface area contributed by atoms with Crippen molar-refractivity contribution in [2.45, 2.75) is 27.7 Å². The van der Waals surface area contributed by atoms with Gasteiger partial charge in [-0.25, -0.2) is 13.8 Å². The van der Waals surface area contributed by atoms with Crippen LogP contribution in [0, 0.1) is 19.8 Å². The fraction of sp³-hybridized carbons (Fsp3) is 0.364. The van der Waals surface area contributed by atoms with Crippen LogP contribution in [0.2, 0.25) is 0 Å². The van der Waals surface area contributed by atoms with Crippen molar-refractivity contribution in [2.24, 2.45) is 11.0 Å². The Kier molecular flexibility index (Phi) is 8.00. The summed E-state index contributed by atoms with van der Waals surface area (Å²) in [5.74, 6) is 0.673. The molecule has 1 N–H and O–H groups in total. The van der Waals surface area contributed by atoms with Crippen LogP contribution in [0.25, 0.3) is 0 Å². The van der Waals surface area contributed by atoms with E-state index < -0.39 is 15.9 Å². The van der Waals surface area contributed by atoms with E-state index in [1.165, 1.54) is 6.21 Å². The van der Waals surface area contributed by atoms with Gasteiger partial charge in [0.1, 0.15) is 12.3 Å². The zero-order valence-corrected chi connectivity index (χ0v) is 18.9. The highest BCUT2D eigenvalue weighted by Gasteiger charge is 2.21. The molecule has 0 spiro atoms. The Labute approximate surface area is 178 Å². The third kappa shape index (κ3) is 7.51. The van der Waals surface area contributed by atoms with Crippen LogP contribution in [-0.4, -0.2) is 39.9 Å². The molecule has 0 saturated heterocycles. The second-order valence-electron chi connectivity index (χ2n) is 7.68. The number of sulfonamides is 1. The number of hydrazone groups is 1. The number of amides is 1. The minimum Gasteiger partial charge on any atom is -0.493 e.